The number of aliphatic hydroxyl groups excluding tert-OH is 2. The van der Waals surface area contributed by atoms with E-state index >= 15 is 0 Å². The van der Waals surface area contributed by atoms with E-state index in [1.807, 2.05) is 102 Å². The highest BCUT2D eigenvalue weighted by molar-refractivity contribution is 5.52. The molecule has 2 aromatic heterocycles. The molecule has 0 aliphatic carbocycles. The van der Waals surface area contributed by atoms with Crippen molar-refractivity contribution >= 4 is 0 Å². The molecule has 4 rings (SSSR count). The fourth-order valence-electron chi connectivity index (χ4n) is 3.01. The lowest BCUT2D eigenvalue weighted by Gasteiger charge is -2.24. The fourth-order valence-corrected chi connectivity index (χ4v) is 3.01. The van der Waals surface area contributed by atoms with Crippen molar-refractivity contribution in [3.05, 3.63) is 72.4 Å². The molecule has 0 saturated heterocycles. The van der Waals surface area contributed by atoms with Crippen LogP contribution in [0.3, 0.4) is 0 Å². The lowest BCUT2D eigenvalue weighted by Crippen LogP contribution is -2.28. The van der Waals surface area contributed by atoms with Crippen LogP contribution in [0.15, 0.2) is 69.5 Å². The van der Waals surface area contributed by atoms with E-state index in [0.717, 1.165) is 11.1 Å². The van der Waals surface area contributed by atoms with Crippen molar-refractivity contribution in [2.24, 2.45) is 10.8 Å². The van der Waals surface area contributed by atoms with Gasteiger partial charge in [-0.1, -0.05) is 77.9 Å². The topological polar surface area (TPSA) is 118 Å². The minimum Gasteiger partial charge on any atom is -0.421 e. The maximum Gasteiger partial charge on any atom is 0.247 e. The van der Waals surface area contributed by atoms with Gasteiger partial charge in [-0.15, -0.1) is 20.4 Å². The van der Waals surface area contributed by atoms with Gasteiger partial charge in [-0.25, -0.2) is 0 Å². The Kier molecular flexibility index (Phi) is 8.76. The van der Waals surface area contributed by atoms with E-state index in [4.69, 9.17) is 8.83 Å². The summed E-state index contributed by atoms with van der Waals surface area (Å²) in [7, 11) is 0. The Morgan fingerprint density at radius 2 is 0.917 bits per heavy atom. The van der Waals surface area contributed by atoms with E-state index in [-0.39, 0.29) is 10.8 Å². The normalized spacial score (nSPS) is 13.6. The van der Waals surface area contributed by atoms with Gasteiger partial charge in [-0.3, -0.25) is 0 Å². The van der Waals surface area contributed by atoms with Crippen molar-refractivity contribution in [3.63, 3.8) is 0 Å². The maximum absolute atomic E-state index is 9.99. The Balaban J connectivity index is 0.000000201. The predicted octanol–water partition coefficient (Wildman–Crippen LogP) is 5.37. The molecule has 0 aliphatic rings. The monoisotopic (exact) mass is 492 g/mol. The molecule has 0 fully saturated rings. The van der Waals surface area contributed by atoms with Crippen LogP contribution in [0.4, 0.5) is 0 Å². The van der Waals surface area contributed by atoms with E-state index in [9.17, 15) is 10.2 Å². The molecule has 0 aliphatic heterocycles. The Morgan fingerprint density at radius 1 is 0.583 bits per heavy atom. The summed E-state index contributed by atoms with van der Waals surface area (Å²) in [6.07, 6.45) is -0.240. The second-order valence-corrected chi connectivity index (χ2v) is 10.9. The summed E-state index contributed by atoms with van der Waals surface area (Å²) >= 11 is 0. The van der Waals surface area contributed by atoms with Gasteiger partial charge in [0.15, 0.2) is 0 Å². The number of benzene rings is 2. The maximum atomic E-state index is 9.99. The van der Waals surface area contributed by atoms with Crippen molar-refractivity contribution in [3.8, 4) is 22.9 Å². The number of rotatable bonds is 6. The van der Waals surface area contributed by atoms with Crippen molar-refractivity contribution in [2.45, 2.75) is 66.6 Å². The summed E-state index contributed by atoms with van der Waals surface area (Å²) in [5, 5.41) is 35.9. The molecule has 2 heterocycles. The molecule has 36 heavy (non-hydrogen) atoms. The Bertz CT molecular complexity index is 1100. The molecule has 0 amide bonds. The zero-order valence-electron chi connectivity index (χ0n) is 21.8. The summed E-state index contributed by atoms with van der Waals surface area (Å²) in [5.41, 5.74) is 1.39. The zero-order valence-corrected chi connectivity index (χ0v) is 21.8. The number of nitrogens with zero attached hydrogens (tertiary/aromatic N) is 4. The number of hydrogen-bond acceptors (Lipinski definition) is 8. The fraction of sp³-hybridized carbons (Fsp3) is 0.429. The molecule has 2 atom stereocenters. The molecule has 2 N–H and O–H groups in total. The summed E-state index contributed by atoms with van der Waals surface area (Å²) in [4.78, 5) is 0. The van der Waals surface area contributed by atoms with Gasteiger partial charge in [-0.2, -0.15) is 0 Å². The van der Waals surface area contributed by atoms with Crippen LogP contribution in [0.25, 0.3) is 22.9 Å². The first-order valence-corrected chi connectivity index (χ1v) is 12.0. The average molecular weight is 493 g/mol. The van der Waals surface area contributed by atoms with Crippen LogP contribution in [0.5, 0.6) is 0 Å². The van der Waals surface area contributed by atoms with Gasteiger partial charge < -0.3 is 19.0 Å². The quantitative estimate of drug-likeness (QED) is 0.369. The Labute approximate surface area is 212 Å². The van der Waals surface area contributed by atoms with E-state index in [2.05, 4.69) is 20.4 Å². The van der Waals surface area contributed by atoms with Gasteiger partial charge in [0.25, 0.3) is 0 Å². The standard InChI is InChI=1S/2C14H18N2O2/c2*1-14(2,3)11(17)9-12-15-16-13(18-12)10-7-5-4-6-8-10/h2*4-8,11,17H,9H2,1-3H3/t2*11-/m10/s1. The van der Waals surface area contributed by atoms with Gasteiger partial charge >= 0.3 is 0 Å². The molecular weight excluding hydrogens is 456 g/mol. The van der Waals surface area contributed by atoms with Crippen LogP contribution < -0.4 is 0 Å². The van der Waals surface area contributed by atoms with Crippen LogP contribution in [-0.4, -0.2) is 42.8 Å². The van der Waals surface area contributed by atoms with E-state index in [0.29, 0.717) is 36.4 Å². The van der Waals surface area contributed by atoms with Crippen LogP contribution in [-0.2, 0) is 12.8 Å². The number of aliphatic hydroxyl groups is 2. The first-order valence-electron chi connectivity index (χ1n) is 12.0. The van der Waals surface area contributed by atoms with Crippen molar-refractivity contribution in [1.29, 1.82) is 0 Å². The third-order valence-electron chi connectivity index (χ3n) is 5.71. The minimum atomic E-state index is -0.499. The average Bonchev–Trinajstić information content (AvgIpc) is 3.49. The molecule has 2 aromatic carbocycles. The molecule has 0 saturated carbocycles. The molecule has 8 heteroatoms. The smallest absolute Gasteiger partial charge is 0.247 e. The lowest BCUT2D eigenvalue weighted by molar-refractivity contribution is 0.0579. The molecule has 0 radical (unpaired) electrons. The first kappa shape index (κ1) is 27.2. The summed E-state index contributed by atoms with van der Waals surface area (Å²) in [5.74, 6) is 1.92. The molecule has 0 bridgehead atoms. The third-order valence-corrected chi connectivity index (χ3v) is 5.71. The lowest BCUT2D eigenvalue weighted by atomic mass is 9.87. The molecule has 8 nitrogen and oxygen atoms in total. The molecule has 4 aromatic rings. The van der Waals surface area contributed by atoms with Gasteiger partial charge in [0.2, 0.25) is 23.6 Å². The minimum absolute atomic E-state index is 0.193. The highest BCUT2D eigenvalue weighted by Gasteiger charge is 2.25. The van der Waals surface area contributed by atoms with Crippen LogP contribution in [0.2, 0.25) is 0 Å². The van der Waals surface area contributed by atoms with Gasteiger partial charge in [0.1, 0.15) is 0 Å². The van der Waals surface area contributed by atoms with Crippen LogP contribution in [0.1, 0.15) is 53.3 Å². The summed E-state index contributed by atoms with van der Waals surface area (Å²) in [6.45, 7) is 11.9. The highest BCUT2D eigenvalue weighted by Crippen LogP contribution is 2.25. The first-order chi connectivity index (χ1) is 16.9. The third kappa shape index (κ3) is 7.83. The molecule has 192 valence electrons. The van der Waals surface area contributed by atoms with Gasteiger partial charge in [0, 0.05) is 11.1 Å². The van der Waals surface area contributed by atoms with Crippen molar-refractivity contribution in [1.82, 2.24) is 20.4 Å². The summed E-state index contributed by atoms with van der Waals surface area (Å²) < 4.78 is 11.1. The summed E-state index contributed by atoms with van der Waals surface area (Å²) in [6, 6.07) is 19.2. The largest absolute Gasteiger partial charge is 0.421 e. The second kappa shape index (κ2) is 11.6. The van der Waals surface area contributed by atoms with Crippen LogP contribution >= 0.6 is 0 Å². The number of hydrogen-bond donors (Lipinski definition) is 2. The second-order valence-electron chi connectivity index (χ2n) is 10.9. The van der Waals surface area contributed by atoms with Gasteiger partial charge in [-0.05, 0) is 35.1 Å². The van der Waals surface area contributed by atoms with Crippen molar-refractivity contribution < 1.29 is 19.0 Å². The SMILES string of the molecule is CC(C)(C)[C@@H](O)Cc1nnc(-c2ccccc2)o1.CC(C)(C)[C@H](O)Cc1nnc(-c2ccccc2)o1. The van der Waals surface area contributed by atoms with E-state index in [1.165, 1.54) is 0 Å². The Morgan fingerprint density at radius 3 is 1.22 bits per heavy atom. The molecular formula is C28H36N4O4. The van der Waals surface area contributed by atoms with E-state index in [1.54, 1.807) is 0 Å². The highest BCUT2D eigenvalue weighted by atomic mass is 16.4. The van der Waals surface area contributed by atoms with Gasteiger partial charge in [0.05, 0.1) is 25.0 Å². The van der Waals surface area contributed by atoms with Crippen LogP contribution in [0, 0.1) is 10.8 Å². The number of aromatic nitrogens is 4. The molecule has 0 unspecified atom stereocenters. The Hall–Kier alpha value is -3.36. The zero-order chi connectivity index (χ0) is 26.3. The predicted molar refractivity (Wildman–Crippen MR) is 138 cm³/mol. The molecule has 0 spiro atoms. The van der Waals surface area contributed by atoms with E-state index < -0.39 is 12.2 Å². The van der Waals surface area contributed by atoms with Crippen molar-refractivity contribution in [2.75, 3.05) is 0 Å².